The van der Waals surface area contributed by atoms with Crippen LogP contribution < -0.4 is 10.3 Å². The van der Waals surface area contributed by atoms with E-state index in [-0.39, 0.29) is 23.7 Å². The summed E-state index contributed by atoms with van der Waals surface area (Å²) in [5, 5.41) is 9.67. The number of Topliss-reactive ketones (excluding diaryl/α,β-unsaturated/α-hetero) is 1. The van der Waals surface area contributed by atoms with Crippen LogP contribution in [0, 0.1) is 6.92 Å². The lowest BCUT2D eigenvalue weighted by molar-refractivity contribution is -0.122. The van der Waals surface area contributed by atoms with Gasteiger partial charge in [0.1, 0.15) is 5.75 Å². The summed E-state index contributed by atoms with van der Waals surface area (Å²) in [7, 11) is 4.92. The Morgan fingerprint density at radius 3 is 2.62 bits per heavy atom. The highest BCUT2D eigenvalue weighted by Gasteiger charge is 2.25. The van der Waals surface area contributed by atoms with Gasteiger partial charge in [0.15, 0.2) is 11.6 Å². The molecular weight excluding hydrogens is 534 g/mol. The summed E-state index contributed by atoms with van der Waals surface area (Å²) in [5.74, 6) is 1.02. The van der Waals surface area contributed by atoms with Crippen molar-refractivity contribution in [3.63, 3.8) is 0 Å². The van der Waals surface area contributed by atoms with Crippen molar-refractivity contribution in [1.29, 1.82) is 0 Å². The predicted molar refractivity (Wildman–Crippen MR) is 151 cm³/mol. The van der Waals surface area contributed by atoms with Gasteiger partial charge in [-0.2, -0.15) is 10.1 Å². The first-order valence-electron chi connectivity index (χ1n) is 12.6. The largest absolute Gasteiger partial charge is 0.495 e. The Hall–Kier alpha value is -4.28. The molecule has 10 nitrogen and oxygen atoms in total. The zero-order valence-electron chi connectivity index (χ0n) is 22.6. The van der Waals surface area contributed by atoms with Crippen molar-refractivity contribution in [1.82, 2.24) is 24.5 Å². The van der Waals surface area contributed by atoms with Crippen LogP contribution in [-0.2, 0) is 23.0 Å². The number of halogens is 1. The molecule has 0 aliphatic carbocycles. The highest BCUT2D eigenvalue weighted by Crippen LogP contribution is 2.38. The van der Waals surface area contributed by atoms with E-state index in [1.54, 1.807) is 43.1 Å². The average molecular weight is 562 g/mol. The van der Waals surface area contributed by atoms with Crippen LogP contribution in [0.4, 0.5) is 0 Å². The molecular formula is C29H28ClN5O5. The molecule has 3 heterocycles. The van der Waals surface area contributed by atoms with Gasteiger partial charge in [-0.3, -0.25) is 14.3 Å². The molecule has 0 saturated carbocycles. The fraction of sp³-hybridized carbons (Fsp3) is 0.276. The molecule has 1 unspecified atom stereocenters. The van der Waals surface area contributed by atoms with Gasteiger partial charge in [0.25, 0.3) is 11.4 Å². The van der Waals surface area contributed by atoms with E-state index >= 15 is 0 Å². The second kappa shape index (κ2) is 11.4. The van der Waals surface area contributed by atoms with Crippen molar-refractivity contribution in [2.24, 2.45) is 7.05 Å². The maximum Gasteiger partial charge on any atom is 0.258 e. The van der Waals surface area contributed by atoms with E-state index in [9.17, 15) is 9.59 Å². The van der Waals surface area contributed by atoms with E-state index in [0.29, 0.717) is 46.3 Å². The number of hydrogen-bond donors (Lipinski definition) is 0. The molecule has 1 atom stereocenters. The van der Waals surface area contributed by atoms with E-state index in [2.05, 4.69) is 15.2 Å². The van der Waals surface area contributed by atoms with Crippen LogP contribution in [0.3, 0.4) is 0 Å². The number of fused-ring (bicyclic) bond motifs is 1. The highest BCUT2D eigenvalue weighted by molar-refractivity contribution is 6.31. The van der Waals surface area contributed by atoms with Gasteiger partial charge in [0, 0.05) is 61.0 Å². The number of ether oxygens (including phenoxy) is 2. The van der Waals surface area contributed by atoms with Gasteiger partial charge in [-0.05, 0) is 54.8 Å². The lowest BCUT2D eigenvalue weighted by atomic mass is 9.98. The third-order valence-electron chi connectivity index (χ3n) is 6.66. The van der Waals surface area contributed by atoms with Gasteiger partial charge in [-0.25, -0.2) is 0 Å². The number of methoxy groups -OCH3 is 2. The van der Waals surface area contributed by atoms with Crippen LogP contribution in [0.15, 0.2) is 64.2 Å². The number of nitrogens with zero attached hydrogens (tertiary/aromatic N) is 5. The second-order valence-electron chi connectivity index (χ2n) is 9.47. The van der Waals surface area contributed by atoms with Crippen LogP contribution in [-0.4, -0.2) is 51.1 Å². The number of pyridine rings is 1. The predicted octanol–water partition coefficient (Wildman–Crippen LogP) is 4.81. The van der Waals surface area contributed by atoms with Gasteiger partial charge in [-0.15, -0.1) is 0 Å². The maximum atomic E-state index is 13.6. The molecule has 0 bridgehead atoms. The average Bonchev–Trinajstić information content (AvgIpc) is 3.53. The van der Waals surface area contributed by atoms with Crippen molar-refractivity contribution in [2.75, 3.05) is 20.8 Å². The molecule has 5 rings (SSSR count). The number of carbonyl (C=O) groups is 1. The van der Waals surface area contributed by atoms with Crippen molar-refractivity contribution in [2.45, 2.75) is 25.8 Å². The topological polar surface area (TPSA) is 114 Å². The van der Waals surface area contributed by atoms with Crippen molar-refractivity contribution >= 4 is 28.3 Å². The fourth-order valence-corrected chi connectivity index (χ4v) is 4.96. The third-order valence-corrected chi connectivity index (χ3v) is 6.89. The summed E-state index contributed by atoms with van der Waals surface area (Å²) in [6.07, 6.45) is 3.92. The molecule has 0 amide bonds. The first kappa shape index (κ1) is 27.3. The van der Waals surface area contributed by atoms with Crippen LogP contribution in [0.2, 0.25) is 5.02 Å². The number of hydrogen-bond acceptors (Lipinski definition) is 8. The Morgan fingerprint density at radius 1 is 1.07 bits per heavy atom. The Bertz CT molecular complexity index is 1760. The molecule has 0 aliphatic rings. The van der Waals surface area contributed by atoms with Crippen LogP contribution in [0.5, 0.6) is 5.75 Å². The van der Waals surface area contributed by atoms with Crippen LogP contribution in [0.1, 0.15) is 23.9 Å². The smallest absolute Gasteiger partial charge is 0.258 e. The van der Waals surface area contributed by atoms with Gasteiger partial charge < -0.3 is 18.6 Å². The Labute approximate surface area is 235 Å². The minimum absolute atomic E-state index is 0.123. The van der Waals surface area contributed by atoms with E-state index in [4.69, 9.17) is 25.6 Å². The molecule has 3 aromatic heterocycles. The summed E-state index contributed by atoms with van der Waals surface area (Å²) in [6, 6.07) is 11.5. The Balaban J connectivity index is 1.54. The maximum absolute atomic E-state index is 13.6. The van der Waals surface area contributed by atoms with E-state index < -0.39 is 6.04 Å². The van der Waals surface area contributed by atoms with E-state index in [1.807, 2.05) is 31.4 Å². The summed E-state index contributed by atoms with van der Waals surface area (Å²) >= 11 is 6.34. The Morgan fingerprint density at radius 2 is 1.90 bits per heavy atom. The zero-order chi connectivity index (χ0) is 28.4. The molecule has 0 fully saturated rings. The van der Waals surface area contributed by atoms with Crippen molar-refractivity contribution in [3.05, 3.63) is 81.6 Å². The lowest BCUT2D eigenvalue weighted by Crippen LogP contribution is -2.31. The summed E-state index contributed by atoms with van der Waals surface area (Å²) in [4.78, 5) is 31.5. The fourth-order valence-electron chi connectivity index (χ4n) is 4.79. The molecule has 206 valence electrons. The molecule has 0 N–H and O–H groups in total. The van der Waals surface area contributed by atoms with E-state index in [1.165, 1.54) is 17.7 Å². The molecule has 40 heavy (non-hydrogen) atoms. The SMILES string of the molecule is COCCC(C(=O)Cc1ccc2nn(C)cc2c1)n1cc(OC)c(-c2cc(Cl)ccc2-c2nc(C)no2)cc1=O. The first-order valence-corrected chi connectivity index (χ1v) is 13.0. The van der Waals surface area contributed by atoms with Gasteiger partial charge >= 0.3 is 0 Å². The number of rotatable bonds is 10. The second-order valence-corrected chi connectivity index (χ2v) is 9.91. The standard InChI is InChI=1S/C29H28ClN5O5/c1-17-31-29(40-33-17)21-7-6-20(30)13-22(21)23-14-28(37)35(16-27(23)39-4)25(9-10-38-3)26(36)12-18-5-8-24-19(11-18)15-34(2)32-24/h5-8,11,13-16,25H,9-10,12H2,1-4H3. The molecule has 0 spiro atoms. The molecule has 5 aromatic rings. The molecule has 0 saturated heterocycles. The number of aryl methyl sites for hydroxylation is 2. The monoisotopic (exact) mass is 561 g/mol. The lowest BCUT2D eigenvalue weighted by Gasteiger charge is -2.21. The molecule has 11 heteroatoms. The Kier molecular flexibility index (Phi) is 7.81. The minimum Gasteiger partial charge on any atom is -0.495 e. The van der Waals surface area contributed by atoms with Gasteiger partial charge in [0.05, 0.1) is 24.9 Å². The van der Waals surface area contributed by atoms with Crippen LogP contribution in [0.25, 0.3) is 33.5 Å². The number of aromatic nitrogens is 5. The number of carbonyl (C=O) groups excluding carboxylic acids is 1. The normalized spacial score (nSPS) is 12.1. The summed E-state index contributed by atoms with van der Waals surface area (Å²) in [5.41, 5.74) is 2.97. The van der Waals surface area contributed by atoms with Crippen molar-refractivity contribution in [3.8, 4) is 28.3 Å². The quantitative estimate of drug-likeness (QED) is 0.238. The highest BCUT2D eigenvalue weighted by atomic mass is 35.5. The molecule has 2 aromatic carbocycles. The number of benzene rings is 2. The minimum atomic E-state index is -0.766. The van der Waals surface area contributed by atoms with Gasteiger partial charge in [-0.1, -0.05) is 22.8 Å². The van der Waals surface area contributed by atoms with Gasteiger partial charge in [0.2, 0.25) is 0 Å². The molecule has 0 aliphatic heterocycles. The first-order chi connectivity index (χ1) is 19.3. The van der Waals surface area contributed by atoms with E-state index in [0.717, 1.165) is 16.5 Å². The summed E-state index contributed by atoms with van der Waals surface area (Å²) in [6.45, 7) is 2.01. The van der Waals surface area contributed by atoms with Crippen molar-refractivity contribution < 1.29 is 18.8 Å². The third kappa shape index (κ3) is 5.54. The summed E-state index contributed by atoms with van der Waals surface area (Å²) < 4.78 is 19.5. The number of ketones is 1. The zero-order valence-corrected chi connectivity index (χ0v) is 23.3. The van der Waals surface area contributed by atoms with Crippen LogP contribution >= 0.6 is 11.6 Å². The molecule has 0 radical (unpaired) electrons.